The molecule has 1 fully saturated rings. The maximum Gasteiger partial charge on any atom is 0.319 e. The van der Waals surface area contributed by atoms with E-state index in [-0.39, 0.29) is 17.3 Å². The van der Waals surface area contributed by atoms with Crippen LogP contribution >= 0.6 is 0 Å². The van der Waals surface area contributed by atoms with Crippen LogP contribution in [0.25, 0.3) is 10.9 Å². The first kappa shape index (κ1) is 30.4. The monoisotopic (exact) mass is 620 g/mol. The van der Waals surface area contributed by atoms with Gasteiger partial charge in [0.2, 0.25) is 5.75 Å². The number of ether oxygens (including phenoxy) is 5. The minimum Gasteiger partial charge on any atom is -0.489 e. The molecule has 2 aliphatic heterocycles. The molecule has 3 aromatic carbocycles. The molecule has 6 rings (SSSR count). The molecule has 2 aliphatic rings. The van der Waals surface area contributed by atoms with Crippen LogP contribution in [0.1, 0.15) is 12.0 Å². The summed E-state index contributed by atoms with van der Waals surface area (Å²) in [5, 5.41) is 5.85. The second-order valence-electron chi connectivity index (χ2n) is 10.6. The van der Waals surface area contributed by atoms with Gasteiger partial charge < -0.3 is 34.3 Å². The number of nitrogens with zero attached hydrogens (tertiary/aromatic N) is 2. The molecule has 0 spiro atoms. The summed E-state index contributed by atoms with van der Waals surface area (Å²) in [6.45, 7) is 5.77. The summed E-state index contributed by atoms with van der Waals surface area (Å²) in [5.74, 6) is 0.723. The van der Waals surface area contributed by atoms with Gasteiger partial charge in [-0.2, -0.15) is 0 Å². The molecule has 0 atom stereocenters. The van der Waals surface area contributed by atoms with Crippen molar-refractivity contribution >= 4 is 22.6 Å². The number of amides is 2. The molecule has 2 N–H and O–H groups in total. The smallest absolute Gasteiger partial charge is 0.319 e. The number of aromatic nitrogens is 1. The number of anilines is 1. The van der Waals surface area contributed by atoms with E-state index in [4.69, 9.17) is 23.7 Å². The highest BCUT2D eigenvalue weighted by Crippen LogP contribution is 2.48. The Kier molecular flexibility index (Phi) is 9.71. The maximum atomic E-state index is 15.2. The third-order valence-electron chi connectivity index (χ3n) is 7.45. The van der Waals surface area contributed by atoms with Crippen molar-refractivity contribution in [3.8, 4) is 28.7 Å². The fourth-order valence-corrected chi connectivity index (χ4v) is 5.19. The van der Waals surface area contributed by atoms with Crippen LogP contribution in [-0.4, -0.2) is 75.1 Å². The molecule has 1 saturated heterocycles. The van der Waals surface area contributed by atoms with Crippen molar-refractivity contribution in [1.29, 1.82) is 0 Å². The Morgan fingerprint density at radius 3 is 2.51 bits per heavy atom. The summed E-state index contributed by atoms with van der Waals surface area (Å²) in [7, 11) is 0. The van der Waals surface area contributed by atoms with Gasteiger partial charge in [-0.3, -0.25) is 9.88 Å². The molecule has 2 amide bonds. The van der Waals surface area contributed by atoms with E-state index in [1.54, 1.807) is 36.5 Å². The van der Waals surface area contributed by atoms with Crippen LogP contribution in [0.2, 0.25) is 0 Å². The van der Waals surface area contributed by atoms with E-state index in [2.05, 4.69) is 20.5 Å². The molecule has 10 nitrogen and oxygen atoms in total. The Bertz CT molecular complexity index is 1630. The lowest BCUT2D eigenvalue weighted by molar-refractivity contribution is 0.0357. The van der Waals surface area contributed by atoms with Crippen molar-refractivity contribution < 1.29 is 37.3 Å². The number of nitrogens with one attached hydrogen (secondary N) is 2. The van der Waals surface area contributed by atoms with Crippen molar-refractivity contribution in [2.45, 2.75) is 12.8 Å². The number of hydrogen-bond donors (Lipinski definition) is 2. The molecule has 1 aromatic heterocycles. The zero-order valence-corrected chi connectivity index (χ0v) is 24.7. The third kappa shape index (κ3) is 7.70. The Labute approximate surface area is 259 Å². The highest BCUT2D eigenvalue weighted by molar-refractivity contribution is 5.95. The molecular formula is C33H34F2N4O6. The van der Waals surface area contributed by atoms with Crippen LogP contribution in [-0.2, 0) is 11.2 Å². The van der Waals surface area contributed by atoms with Crippen molar-refractivity contribution in [2.75, 3.05) is 64.5 Å². The van der Waals surface area contributed by atoms with Crippen LogP contribution < -0.4 is 29.6 Å². The van der Waals surface area contributed by atoms with Crippen LogP contribution in [0.3, 0.4) is 0 Å². The van der Waals surface area contributed by atoms with Crippen LogP contribution in [0.4, 0.5) is 19.3 Å². The molecule has 45 heavy (non-hydrogen) atoms. The number of carbonyl (C=O) groups excluding carboxylic acids is 1. The quantitative estimate of drug-likeness (QED) is 0.211. The maximum absolute atomic E-state index is 15.2. The zero-order valence-electron chi connectivity index (χ0n) is 24.7. The van der Waals surface area contributed by atoms with E-state index < -0.39 is 11.8 Å². The van der Waals surface area contributed by atoms with Crippen molar-refractivity contribution in [2.24, 2.45) is 0 Å². The van der Waals surface area contributed by atoms with Gasteiger partial charge in [0.25, 0.3) is 0 Å². The summed E-state index contributed by atoms with van der Waals surface area (Å²) in [5.41, 5.74) is 1.69. The van der Waals surface area contributed by atoms with Crippen molar-refractivity contribution in [3.63, 3.8) is 0 Å². The number of halogens is 2. The van der Waals surface area contributed by atoms with Crippen LogP contribution in [0.15, 0.2) is 60.8 Å². The Morgan fingerprint density at radius 2 is 1.71 bits per heavy atom. The van der Waals surface area contributed by atoms with Gasteiger partial charge in [-0.05, 0) is 48.7 Å². The summed E-state index contributed by atoms with van der Waals surface area (Å²) < 4.78 is 57.7. The largest absolute Gasteiger partial charge is 0.489 e. The predicted molar refractivity (Wildman–Crippen MR) is 164 cm³/mol. The SMILES string of the molecule is O=C(NCCc1ccc(F)cc1)Nc1ccc(Oc2ccnc3cc(OCCCN4CCOCC4)c4c(c23)OCCO4)c(F)c1. The van der Waals surface area contributed by atoms with E-state index >= 15 is 4.39 Å². The van der Waals surface area contributed by atoms with Gasteiger partial charge >= 0.3 is 6.03 Å². The lowest BCUT2D eigenvalue weighted by atomic mass is 10.1. The van der Waals surface area contributed by atoms with Gasteiger partial charge in [-0.1, -0.05) is 12.1 Å². The summed E-state index contributed by atoms with van der Waals surface area (Å²) >= 11 is 0. The van der Waals surface area contributed by atoms with Gasteiger partial charge in [-0.25, -0.2) is 13.6 Å². The molecular weight excluding hydrogens is 586 g/mol. The molecule has 0 radical (unpaired) electrons. The van der Waals surface area contributed by atoms with E-state index in [1.165, 1.54) is 24.3 Å². The van der Waals surface area contributed by atoms with Crippen molar-refractivity contribution in [3.05, 3.63) is 78.0 Å². The number of rotatable bonds is 11. The second kappa shape index (κ2) is 14.4. The summed E-state index contributed by atoms with van der Waals surface area (Å²) in [6, 6.07) is 13.1. The lowest BCUT2D eigenvalue weighted by Gasteiger charge is -2.26. The number of benzene rings is 3. The first-order chi connectivity index (χ1) is 22.0. The summed E-state index contributed by atoms with van der Waals surface area (Å²) in [6.07, 6.45) is 2.93. The third-order valence-corrected chi connectivity index (χ3v) is 7.45. The van der Waals surface area contributed by atoms with Crippen molar-refractivity contribution in [1.82, 2.24) is 15.2 Å². The molecule has 236 valence electrons. The standard InChI is InChI=1S/C33H34F2N4O6/c34-23-4-2-22(3-5-23)8-10-37-33(40)38-24-6-7-27(25(35)20-24)45-28-9-11-36-26-21-29(31-32(30(26)28)44-19-18-43-31)42-15-1-12-39-13-16-41-17-14-39/h2-7,9,11,20-21H,1,8,10,12-19H2,(H2,37,38,40). The fourth-order valence-electron chi connectivity index (χ4n) is 5.19. The molecule has 0 aliphatic carbocycles. The fraction of sp³-hybridized carbons (Fsp3) is 0.333. The number of hydrogen-bond acceptors (Lipinski definition) is 8. The molecule has 4 aromatic rings. The van der Waals surface area contributed by atoms with Crippen LogP contribution in [0.5, 0.6) is 28.7 Å². The van der Waals surface area contributed by atoms with E-state index in [9.17, 15) is 9.18 Å². The number of carbonyl (C=O) groups is 1. The second-order valence-corrected chi connectivity index (χ2v) is 10.6. The zero-order chi connectivity index (χ0) is 31.0. The Morgan fingerprint density at radius 1 is 0.911 bits per heavy atom. The highest BCUT2D eigenvalue weighted by atomic mass is 19.1. The first-order valence-corrected chi connectivity index (χ1v) is 14.9. The number of morpholine rings is 1. The van der Waals surface area contributed by atoms with Gasteiger partial charge in [-0.15, -0.1) is 0 Å². The average Bonchev–Trinajstić information content (AvgIpc) is 3.06. The van der Waals surface area contributed by atoms with Gasteiger partial charge in [0, 0.05) is 50.2 Å². The van der Waals surface area contributed by atoms with Gasteiger partial charge in [0.05, 0.1) is 30.7 Å². The summed E-state index contributed by atoms with van der Waals surface area (Å²) in [4.78, 5) is 19.2. The molecule has 0 saturated carbocycles. The van der Waals surface area contributed by atoms with E-state index in [1.807, 2.05) is 0 Å². The topological polar surface area (TPSA) is 103 Å². The van der Waals surface area contributed by atoms with E-state index in [0.29, 0.717) is 66.7 Å². The average molecular weight is 621 g/mol. The predicted octanol–water partition coefficient (Wildman–Crippen LogP) is 5.54. The molecule has 0 bridgehead atoms. The number of pyridine rings is 1. The first-order valence-electron chi connectivity index (χ1n) is 14.9. The van der Waals surface area contributed by atoms with Gasteiger partial charge in [0.15, 0.2) is 23.1 Å². The van der Waals surface area contributed by atoms with Gasteiger partial charge in [0.1, 0.15) is 24.8 Å². The molecule has 3 heterocycles. The molecule has 12 heteroatoms. The Balaban J connectivity index is 1.11. The highest BCUT2D eigenvalue weighted by Gasteiger charge is 2.25. The Hall–Kier alpha value is -4.68. The number of urea groups is 1. The normalized spacial score (nSPS) is 14.6. The lowest BCUT2D eigenvalue weighted by Crippen LogP contribution is -2.37. The minimum atomic E-state index is -0.671. The van der Waals surface area contributed by atoms with E-state index in [0.717, 1.165) is 44.8 Å². The van der Waals surface area contributed by atoms with Crippen LogP contribution in [0, 0.1) is 11.6 Å². The minimum absolute atomic E-state index is 0.0429. The molecule has 0 unspecified atom stereocenters. The number of fused-ring (bicyclic) bond motifs is 3.